The quantitative estimate of drug-likeness (QED) is 0.313. The number of nitrogens with one attached hydrogen (secondary N) is 2. The molecule has 0 saturated heterocycles. The van der Waals surface area contributed by atoms with Crippen molar-refractivity contribution in [2.24, 2.45) is 4.99 Å². The molecule has 0 saturated carbocycles. The monoisotopic (exact) mass is 455 g/mol. The Balaban J connectivity index is 1.58. The van der Waals surface area contributed by atoms with Gasteiger partial charge in [0.05, 0.1) is 27.7 Å². The Morgan fingerprint density at radius 3 is 2.47 bits per heavy atom. The molecule has 3 aromatic rings. The topological polar surface area (TPSA) is 101 Å². The van der Waals surface area contributed by atoms with Crippen molar-refractivity contribution in [3.05, 3.63) is 59.0 Å². The van der Waals surface area contributed by atoms with Gasteiger partial charge in [0.25, 0.3) is 5.91 Å². The summed E-state index contributed by atoms with van der Waals surface area (Å²) < 4.78 is 15.8. The lowest BCUT2D eigenvalue weighted by Crippen LogP contribution is -2.26. The SMILES string of the molecule is COc1cc(O)c(C(=O)NCCc2ccc(N/C=N/c3cccs3)cc2)c(OC)c1OC. The minimum absolute atomic E-state index is 0.00488. The Morgan fingerprint density at radius 2 is 1.84 bits per heavy atom. The zero-order valence-corrected chi connectivity index (χ0v) is 18.9. The third-order valence-corrected chi connectivity index (χ3v) is 5.39. The van der Waals surface area contributed by atoms with E-state index < -0.39 is 5.91 Å². The van der Waals surface area contributed by atoms with Crippen LogP contribution in [0.15, 0.2) is 52.8 Å². The van der Waals surface area contributed by atoms with Crippen LogP contribution < -0.4 is 24.8 Å². The van der Waals surface area contributed by atoms with Gasteiger partial charge in [-0.05, 0) is 41.6 Å². The maximum atomic E-state index is 12.7. The van der Waals surface area contributed by atoms with Crippen molar-refractivity contribution < 1.29 is 24.1 Å². The number of amides is 1. The summed E-state index contributed by atoms with van der Waals surface area (Å²) in [7, 11) is 4.27. The van der Waals surface area contributed by atoms with Gasteiger partial charge in [0.2, 0.25) is 5.75 Å². The van der Waals surface area contributed by atoms with Gasteiger partial charge in [-0.15, -0.1) is 11.3 Å². The molecule has 0 aliphatic carbocycles. The van der Waals surface area contributed by atoms with E-state index in [0.717, 1.165) is 16.3 Å². The van der Waals surface area contributed by atoms with Crippen LogP contribution in [0.4, 0.5) is 10.7 Å². The normalized spacial score (nSPS) is 10.7. The molecular weight excluding hydrogens is 430 g/mol. The molecule has 8 nitrogen and oxygen atoms in total. The number of rotatable bonds is 10. The molecule has 1 amide bonds. The summed E-state index contributed by atoms with van der Waals surface area (Å²) in [5.41, 5.74) is 1.96. The fourth-order valence-electron chi connectivity index (χ4n) is 3.05. The Bertz CT molecular complexity index is 1070. The lowest BCUT2D eigenvalue weighted by atomic mass is 10.1. The van der Waals surface area contributed by atoms with E-state index >= 15 is 0 Å². The minimum atomic E-state index is -0.469. The summed E-state index contributed by atoms with van der Waals surface area (Å²) >= 11 is 1.57. The number of thiophene rings is 1. The molecule has 2 aromatic carbocycles. The second-order valence-electron chi connectivity index (χ2n) is 6.60. The molecule has 0 spiro atoms. The number of carbonyl (C=O) groups is 1. The van der Waals surface area contributed by atoms with Crippen LogP contribution in [0.25, 0.3) is 0 Å². The highest BCUT2D eigenvalue weighted by Crippen LogP contribution is 2.44. The molecule has 168 valence electrons. The molecule has 0 aliphatic rings. The van der Waals surface area contributed by atoms with E-state index in [2.05, 4.69) is 15.6 Å². The molecular formula is C23H25N3O5S. The van der Waals surface area contributed by atoms with Crippen LogP contribution in [-0.2, 0) is 6.42 Å². The van der Waals surface area contributed by atoms with Crippen molar-refractivity contribution in [2.45, 2.75) is 6.42 Å². The molecule has 0 radical (unpaired) electrons. The Morgan fingerprint density at radius 1 is 1.09 bits per heavy atom. The molecule has 1 aromatic heterocycles. The van der Waals surface area contributed by atoms with Gasteiger partial charge >= 0.3 is 0 Å². The molecule has 0 atom stereocenters. The Labute approximate surface area is 190 Å². The van der Waals surface area contributed by atoms with E-state index in [4.69, 9.17) is 14.2 Å². The first kappa shape index (κ1) is 23.0. The van der Waals surface area contributed by atoms with Crippen molar-refractivity contribution >= 4 is 34.3 Å². The summed E-state index contributed by atoms with van der Waals surface area (Å²) in [6.07, 6.45) is 2.27. The predicted molar refractivity (Wildman–Crippen MR) is 126 cm³/mol. The van der Waals surface area contributed by atoms with Crippen LogP contribution in [-0.4, -0.2) is 45.2 Å². The van der Waals surface area contributed by atoms with E-state index in [1.54, 1.807) is 17.7 Å². The van der Waals surface area contributed by atoms with Crippen LogP contribution in [0, 0.1) is 0 Å². The third-order valence-electron chi connectivity index (χ3n) is 4.62. The van der Waals surface area contributed by atoms with E-state index in [-0.39, 0.29) is 28.6 Å². The maximum absolute atomic E-state index is 12.7. The number of phenols is 1. The molecule has 0 bridgehead atoms. The third kappa shape index (κ3) is 5.50. The molecule has 0 aliphatic heterocycles. The molecule has 1 heterocycles. The van der Waals surface area contributed by atoms with Crippen LogP contribution in [0.1, 0.15) is 15.9 Å². The number of methoxy groups -OCH3 is 3. The van der Waals surface area contributed by atoms with Gasteiger partial charge in [-0.1, -0.05) is 12.1 Å². The number of nitrogens with zero attached hydrogens (tertiary/aromatic N) is 1. The highest BCUT2D eigenvalue weighted by atomic mass is 32.1. The number of ether oxygens (including phenoxy) is 3. The zero-order chi connectivity index (χ0) is 22.9. The number of hydrogen-bond donors (Lipinski definition) is 3. The highest BCUT2D eigenvalue weighted by Gasteiger charge is 2.25. The molecule has 0 unspecified atom stereocenters. The van der Waals surface area contributed by atoms with Gasteiger partial charge in [0.1, 0.15) is 16.3 Å². The fraction of sp³-hybridized carbons (Fsp3) is 0.217. The van der Waals surface area contributed by atoms with Gasteiger partial charge in [0.15, 0.2) is 11.5 Å². The Hall–Kier alpha value is -3.72. The number of benzene rings is 2. The summed E-state index contributed by atoms with van der Waals surface area (Å²) in [5.74, 6) is -0.0994. The maximum Gasteiger partial charge on any atom is 0.259 e. The lowest BCUT2D eigenvalue weighted by Gasteiger charge is -2.17. The second-order valence-corrected chi connectivity index (χ2v) is 7.52. The van der Waals surface area contributed by atoms with Crippen molar-refractivity contribution in [2.75, 3.05) is 33.2 Å². The van der Waals surface area contributed by atoms with E-state index in [9.17, 15) is 9.90 Å². The number of carbonyl (C=O) groups excluding carboxylic acids is 1. The summed E-state index contributed by atoms with van der Waals surface area (Å²) in [6, 6.07) is 13.1. The van der Waals surface area contributed by atoms with Gasteiger partial charge in [-0.3, -0.25) is 4.79 Å². The number of hydrogen-bond acceptors (Lipinski definition) is 7. The fourth-order valence-corrected chi connectivity index (χ4v) is 3.62. The zero-order valence-electron chi connectivity index (χ0n) is 18.0. The average molecular weight is 456 g/mol. The standard InChI is InChI=1S/C23H25N3O5S/c1-29-18-13-17(27)20(22(31-3)21(18)30-2)23(28)24-11-10-15-6-8-16(9-7-15)25-14-26-19-5-4-12-32-19/h4-9,12-14,27H,10-11H2,1-3H3,(H,24,28)(H,25,26). The minimum Gasteiger partial charge on any atom is -0.507 e. The number of anilines is 1. The number of phenolic OH excluding ortho intramolecular Hbond substituents is 1. The van der Waals surface area contributed by atoms with Crippen LogP contribution in [0.5, 0.6) is 23.0 Å². The second kappa shape index (κ2) is 11.1. The highest BCUT2D eigenvalue weighted by molar-refractivity contribution is 7.13. The first-order chi connectivity index (χ1) is 15.6. The van der Waals surface area contributed by atoms with E-state index in [1.165, 1.54) is 27.4 Å². The lowest BCUT2D eigenvalue weighted by molar-refractivity contribution is 0.0947. The van der Waals surface area contributed by atoms with Gasteiger partial charge in [0, 0.05) is 18.3 Å². The first-order valence-corrected chi connectivity index (χ1v) is 10.7. The summed E-state index contributed by atoms with van der Waals surface area (Å²) in [4.78, 5) is 17.0. The molecule has 3 N–H and O–H groups in total. The smallest absolute Gasteiger partial charge is 0.259 e. The van der Waals surface area contributed by atoms with E-state index in [0.29, 0.717) is 13.0 Å². The molecule has 3 rings (SSSR count). The predicted octanol–water partition coefficient (Wildman–Crippen LogP) is 4.22. The summed E-state index contributed by atoms with van der Waals surface area (Å²) in [5, 5.41) is 19.1. The summed E-state index contributed by atoms with van der Waals surface area (Å²) in [6.45, 7) is 0.377. The Kier molecular flexibility index (Phi) is 7.93. The molecule has 0 fully saturated rings. The van der Waals surface area contributed by atoms with Crippen LogP contribution >= 0.6 is 11.3 Å². The van der Waals surface area contributed by atoms with Crippen molar-refractivity contribution in [3.63, 3.8) is 0 Å². The first-order valence-electron chi connectivity index (χ1n) is 9.79. The average Bonchev–Trinajstić information content (AvgIpc) is 3.32. The van der Waals surface area contributed by atoms with Gasteiger partial charge < -0.3 is 30.0 Å². The van der Waals surface area contributed by atoms with Crippen LogP contribution in [0.3, 0.4) is 0 Å². The number of aliphatic imine (C=N–C) groups is 1. The van der Waals surface area contributed by atoms with E-state index in [1.807, 2.05) is 41.8 Å². The molecule has 32 heavy (non-hydrogen) atoms. The number of aromatic hydroxyl groups is 1. The van der Waals surface area contributed by atoms with Gasteiger partial charge in [-0.25, -0.2) is 4.99 Å². The van der Waals surface area contributed by atoms with Crippen molar-refractivity contribution in [1.82, 2.24) is 5.32 Å². The molecule has 9 heteroatoms. The van der Waals surface area contributed by atoms with Gasteiger partial charge in [-0.2, -0.15) is 0 Å². The van der Waals surface area contributed by atoms with Crippen molar-refractivity contribution in [3.8, 4) is 23.0 Å². The largest absolute Gasteiger partial charge is 0.507 e. The van der Waals surface area contributed by atoms with Crippen LogP contribution in [0.2, 0.25) is 0 Å². The van der Waals surface area contributed by atoms with Crippen molar-refractivity contribution in [1.29, 1.82) is 0 Å².